The molecule has 2 atom stereocenters. The second-order valence-electron chi connectivity index (χ2n) is 5.69. The number of alkyl halides is 1. The molecule has 1 aromatic rings. The Labute approximate surface area is 130 Å². The van der Waals surface area contributed by atoms with E-state index >= 15 is 0 Å². The van der Waals surface area contributed by atoms with Gasteiger partial charge in [0.2, 0.25) is 0 Å². The van der Waals surface area contributed by atoms with Gasteiger partial charge in [-0.3, -0.25) is 0 Å². The van der Waals surface area contributed by atoms with Gasteiger partial charge in [-0.1, -0.05) is 58.4 Å². The molecule has 2 heteroatoms. The van der Waals surface area contributed by atoms with E-state index in [4.69, 9.17) is 11.6 Å². The quantitative estimate of drug-likeness (QED) is 0.536. The highest BCUT2D eigenvalue weighted by atomic mass is 35.5. The van der Waals surface area contributed by atoms with Crippen molar-refractivity contribution >= 4 is 11.6 Å². The summed E-state index contributed by atoms with van der Waals surface area (Å²) in [5.74, 6) is 0.634. The number of hydrogen-bond acceptors (Lipinski definition) is 1. The number of likely N-dealkylation sites (N-methyl/N-ethyl adjacent to an activating group) is 1. The molecule has 0 saturated heterocycles. The first-order chi connectivity index (χ1) is 9.62. The second-order valence-corrected chi connectivity index (χ2v) is 6.22. The number of halogens is 1. The molecule has 0 heterocycles. The first-order valence-corrected chi connectivity index (χ1v) is 8.52. The fraction of sp³-hybridized carbons (Fsp3) is 0.667. The van der Waals surface area contributed by atoms with Crippen molar-refractivity contribution < 1.29 is 0 Å². The fourth-order valence-corrected chi connectivity index (χ4v) is 2.70. The first-order valence-electron chi connectivity index (χ1n) is 8.08. The minimum atomic E-state index is 0.0952. The molecule has 2 unspecified atom stereocenters. The van der Waals surface area contributed by atoms with E-state index in [0.29, 0.717) is 5.92 Å². The maximum Gasteiger partial charge on any atom is 0.0712 e. The van der Waals surface area contributed by atoms with Gasteiger partial charge in [0.05, 0.1) is 5.38 Å². The van der Waals surface area contributed by atoms with Crippen LogP contribution >= 0.6 is 11.6 Å². The van der Waals surface area contributed by atoms with Crippen LogP contribution in [0.25, 0.3) is 0 Å². The monoisotopic (exact) mass is 295 g/mol. The molecule has 0 radical (unpaired) electrons. The minimum absolute atomic E-state index is 0.0952. The Morgan fingerprint density at radius 1 is 1.05 bits per heavy atom. The normalized spacial score (nSPS) is 14.5. The zero-order valence-electron chi connectivity index (χ0n) is 13.5. The average molecular weight is 296 g/mol. The van der Waals surface area contributed by atoms with Gasteiger partial charge in [-0.15, -0.1) is 11.6 Å². The number of nitrogens with zero attached hydrogens (tertiary/aromatic N) is 1. The zero-order chi connectivity index (χ0) is 15.0. The Balaban J connectivity index is 2.60. The largest absolute Gasteiger partial charge is 0.302 e. The molecule has 0 fully saturated rings. The van der Waals surface area contributed by atoms with Crippen LogP contribution in [0.1, 0.15) is 69.4 Å². The summed E-state index contributed by atoms with van der Waals surface area (Å²) in [6, 6.07) is 8.88. The lowest BCUT2D eigenvalue weighted by Crippen LogP contribution is -2.28. The molecule has 20 heavy (non-hydrogen) atoms. The number of hydrogen-bond donors (Lipinski definition) is 0. The van der Waals surface area contributed by atoms with E-state index in [1.165, 1.54) is 30.4 Å². The predicted octanol–water partition coefficient (Wildman–Crippen LogP) is 5.60. The molecule has 0 aliphatic rings. The highest BCUT2D eigenvalue weighted by Gasteiger charge is 2.13. The summed E-state index contributed by atoms with van der Waals surface area (Å²) in [6.07, 6.45) is 3.68. The van der Waals surface area contributed by atoms with Crippen LogP contribution in [-0.4, -0.2) is 24.5 Å². The van der Waals surface area contributed by atoms with Crippen LogP contribution in [0.4, 0.5) is 0 Å². The molecular formula is C18H30ClN. The Bertz CT molecular complexity index is 360. The second kappa shape index (κ2) is 9.41. The fourth-order valence-electron chi connectivity index (χ4n) is 2.36. The van der Waals surface area contributed by atoms with E-state index < -0.39 is 0 Å². The molecule has 0 aliphatic carbocycles. The topological polar surface area (TPSA) is 3.24 Å². The molecule has 0 aliphatic heterocycles. The van der Waals surface area contributed by atoms with Crippen molar-refractivity contribution in [2.75, 3.05) is 19.6 Å². The van der Waals surface area contributed by atoms with Gasteiger partial charge in [-0.05, 0) is 43.0 Å². The summed E-state index contributed by atoms with van der Waals surface area (Å²) >= 11 is 6.58. The van der Waals surface area contributed by atoms with Gasteiger partial charge in [0.25, 0.3) is 0 Å². The van der Waals surface area contributed by atoms with Crippen LogP contribution in [0.5, 0.6) is 0 Å². The number of rotatable bonds is 9. The van der Waals surface area contributed by atoms with Crippen LogP contribution in [0.2, 0.25) is 0 Å². The first kappa shape index (κ1) is 17.5. The van der Waals surface area contributed by atoms with Crippen molar-refractivity contribution in [3.05, 3.63) is 35.4 Å². The lowest BCUT2D eigenvalue weighted by atomic mass is 9.97. The Hall–Kier alpha value is -0.530. The third kappa shape index (κ3) is 5.46. The van der Waals surface area contributed by atoms with Gasteiger partial charge in [0.15, 0.2) is 0 Å². The summed E-state index contributed by atoms with van der Waals surface area (Å²) in [5, 5.41) is 0.0952. The summed E-state index contributed by atoms with van der Waals surface area (Å²) in [6.45, 7) is 12.1. The van der Waals surface area contributed by atoms with Gasteiger partial charge in [0.1, 0.15) is 0 Å². The maximum atomic E-state index is 6.58. The van der Waals surface area contributed by atoms with Crippen molar-refractivity contribution in [2.24, 2.45) is 0 Å². The Morgan fingerprint density at radius 2 is 1.65 bits per heavy atom. The van der Waals surface area contributed by atoms with Gasteiger partial charge in [-0.2, -0.15) is 0 Å². The molecular weight excluding hydrogens is 266 g/mol. The molecule has 0 aromatic heterocycles. The standard InChI is InChI=1S/C18H30ClN/c1-5-8-13-20(7-3)14-18(19)17-11-9-16(10-12-17)15(4)6-2/h9-12,15,18H,5-8,13-14H2,1-4H3. The van der Waals surface area contributed by atoms with Crippen molar-refractivity contribution in [3.63, 3.8) is 0 Å². The molecule has 0 saturated carbocycles. The average Bonchev–Trinajstić information content (AvgIpc) is 2.50. The molecule has 0 spiro atoms. The molecule has 1 rings (SSSR count). The Kier molecular flexibility index (Phi) is 8.25. The minimum Gasteiger partial charge on any atom is -0.302 e. The van der Waals surface area contributed by atoms with E-state index in [1.807, 2.05) is 0 Å². The zero-order valence-corrected chi connectivity index (χ0v) is 14.3. The number of benzene rings is 1. The highest BCUT2D eigenvalue weighted by molar-refractivity contribution is 6.21. The predicted molar refractivity (Wildman–Crippen MR) is 90.8 cm³/mol. The molecule has 114 valence electrons. The lowest BCUT2D eigenvalue weighted by molar-refractivity contribution is 0.283. The summed E-state index contributed by atoms with van der Waals surface area (Å²) in [5.41, 5.74) is 2.66. The van der Waals surface area contributed by atoms with Crippen LogP contribution in [0, 0.1) is 0 Å². The van der Waals surface area contributed by atoms with Crippen LogP contribution in [0.3, 0.4) is 0 Å². The summed E-state index contributed by atoms with van der Waals surface area (Å²) in [7, 11) is 0. The van der Waals surface area contributed by atoms with Crippen LogP contribution in [-0.2, 0) is 0 Å². The van der Waals surface area contributed by atoms with E-state index in [-0.39, 0.29) is 5.38 Å². The molecule has 1 aromatic carbocycles. The van der Waals surface area contributed by atoms with Gasteiger partial charge in [0, 0.05) is 6.54 Å². The molecule has 1 nitrogen and oxygen atoms in total. The third-order valence-electron chi connectivity index (χ3n) is 4.17. The summed E-state index contributed by atoms with van der Waals surface area (Å²) in [4.78, 5) is 2.45. The van der Waals surface area contributed by atoms with E-state index in [9.17, 15) is 0 Å². The van der Waals surface area contributed by atoms with Gasteiger partial charge >= 0.3 is 0 Å². The molecule has 0 amide bonds. The Morgan fingerprint density at radius 3 is 2.15 bits per heavy atom. The van der Waals surface area contributed by atoms with Crippen molar-refractivity contribution in [3.8, 4) is 0 Å². The van der Waals surface area contributed by atoms with Crippen molar-refractivity contribution in [1.29, 1.82) is 0 Å². The highest BCUT2D eigenvalue weighted by Crippen LogP contribution is 2.25. The SMILES string of the molecule is CCCCN(CC)CC(Cl)c1ccc(C(C)CC)cc1. The van der Waals surface area contributed by atoms with Crippen molar-refractivity contribution in [2.45, 2.75) is 58.3 Å². The van der Waals surface area contributed by atoms with Crippen molar-refractivity contribution in [1.82, 2.24) is 4.90 Å². The lowest BCUT2D eigenvalue weighted by Gasteiger charge is -2.23. The molecule has 0 N–H and O–H groups in total. The van der Waals surface area contributed by atoms with E-state index in [1.54, 1.807) is 0 Å². The maximum absolute atomic E-state index is 6.58. The van der Waals surface area contributed by atoms with Gasteiger partial charge in [-0.25, -0.2) is 0 Å². The smallest absolute Gasteiger partial charge is 0.0712 e. The summed E-state index contributed by atoms with van der Waals surface area (Å²) < 4.78 is 0. The van der Waals surface area contributed by atoms with Gasteiger partial charge < -0.3 is 4.90 Å². The van der Waals surface area contributed by atoms with E-state index in [2.05, 4.69) is 56.9 Å². The molecule has 0 bridgehead atoms. The third-order valence-corrected chi connectivity index (χ3v) is 4.56. The van der Waals surface area contributed by atoms with Crippen LogP contribution < -0.4 is 0 Å². The van der Waals surface area contributed by atoms with Crippen LogP contribution in [0.15, 0.2) is 24.3 Å². The number of unbranched alkanes of at least 4 members (excludes halogenated alkanes) is 1. The van der Waals surface area contributed by atoms with E-state index in [0.717, 1.165) is 19.6 Å².